The number of carbonyl (C=O) groups is 1. The van der Waals surface area contributed by atoms with Crippen LogP contribution < -0.4 is 5.32 Å². The first kappa shape index (κ1) is 13.3. The maximum Gasteiger partial charge on any atom is 0.404 e. The summed E-state index contributed by atoms with van der Waals surface area (Å²) in [6.45, 7) is 0.212. The first-order chi connectivity index (χ1) is 8.54. The van der Waals surface area contributed by atoms with Crippen LogP contribution >= 0.6 is 15.9 Å². The number of hydrogen-bond donors (Lipinski definition) is 2. The van der Waals surface area contributed by atoms with Gasteiger partial charge in [-0.2, -0.15) is 0 Å². The van der Waals surface area contributed by atoms with E-state index in [1.165, 1.54) is 6.07 Å². The second kappa shape index (κ2) is 5.67. The molecule has 18 heavy (non-hydrogen) atoms. The van der Waals surface area contributed by atoms with E-state index in [1.807, 2.05) is 0 Å². The SMILES string of the molecule is O=C(O)N[C@H]1C[C@H](OCc2ccc(Br)cc2F)C1. The lowest BCUT2D eigenvalue weighted by Gasteiger charge is -2.34. The third-order valence-corrected chi connectivity index (χ3v) is 3.41. The van der Waals surface area contributed by atoms with Gasteiger partial charge in [-0.15, -0.1) is 0 Å². The zero-order valence-corrected chi connectivity index (χ0v) is 11.1. The number of amides is 1. The molecule has 0 spiro atoms. The summed E-state index contributed by atoms with van der Waals surface area (Å²) in [4.78, 5) is 10.4. The number of ether oxygens (including phenoxy) is 1. The van der Waals surface area contributed by atoms with Crippen molar-refractivity contribution in [2.75, 3.05) is 0 Å². The molecule has 0 aromatic heterocycles. The van der Waals surface area contributed by atoms with Crippen LogP contribution in [-0.4, -0.2) is 23.3 Å². The summed E-state index contributed by atoms with van der Waals surface area (Å²) in [5.74, 6) is -0.302. The Bertz CT molecular complexity index is 449. The van der Waals surface area contributed by atoms with Gasteiger partial charge in [-0.1, -0.05) is 22.0 Å². The summed E-state index contributed by atoms with van der Waals surface area (Å²) in [5.41, 5.74) is 0.507. The van der Waals surface area contributed by atoms with E-state index < -0.39 is 6.09 Å². The van der Waals surface area contributed by atoms with Crippen LogP contribution in [0.3, 0.4) is 0 Å². The van der Waals surface area contributed by atoms with E-state index in [1.54, 1.807) is 12.1 Å². The van der Waals surface area contributed by atoms with Gasteiger partial charge in [-0.05, 0) is 25.0 Å². The maximum absolute atomic E-state index is 13.5. The minimum atomic E-state index is -1.02. The Labute approximate surface area is 112 Å². The third kappa shape index (κ3) is 3.43. The highest BCUT2D eigenvalue weighted by Crippen LogP contribution is 2.25. The van der Waals surface area contributed by atoms with Gasteiger partial charge in [0.15, 0.2) is 0 Å². The molecule has 0 aliphatic heterocycles. The minimum absolute atomic E-state index is 0.00453. The van der Waals surface area contributed by atoms with Gasteiger partial charge in [-0.3, -0.25) is 0 Å². The highest BCUT2D eigenvalue weighted by molar-refractivity contribution is 9.10. The first-order valence-electron chi connectivity index (χ1n) is 5.59. The predicted octanol–water partition coefficient (Wildman–Crippen LogP) is 2.90. The molecular formula is C12H13BrFNO3. The largest absolute Gasteiger partial charge is 0.465 e. The van der Waals surface area contributed by atoms with Crippen LogP contribution in [0.2, 0.25) is 0 Å². The second-order valence-electron chi connectivity index (χ2n) is 4.29. The van der Waals surface area contributed by atoms with Crippen LogP contribution in [0, 0.1) is 5.82 Å². The summed E-state index contributed by atoms with van der Waals surface area (Å²) in [6.07, 6.45) is 0.275. The molecule has 0 saturated heterocycles. The van der Waals surface area contributed by atoms with Crippen molar-refractivity contribution in [3.8, 4) is 0 Å². The normalized spacial score (nSPS) is 22.3. The molecule has 6 heteroatoms. The molecule has 1 aliphatic carbocycles. The monoisotopic (exact) mass is 317 g/mol. The molecular weight excluding hydrogens is 305 g/mol. The third-order valence-electron chi connectivity index (χ3n) is 2.91. The molecule has 1 amide bonds. The van der Waals surface area contributed by atoms with E-state index in [9.17, 15) is 9.18 Å². The van der Waals surface area contributed by atoms with Gasteiger partial charge in [0, 0.05) is 16.1 Å². The van der Waals surface area contributed by atoms with Gasteiger partial charge >= 0.3 is 6.09 Å². The Balaban J connectivity index is 1.75. The number of rotatable bonds is 4. The number of hydrogen-bond acceptors (Lipinski definition) is 2. The maximum atomic E-state index is 13.5. The highest BCUT2D eigenvalue weighted by atomic mass is 79.9. The van der Waals surface area contributed by atoms with Crippen LogP contribution in [0.4, 0.5) is 9.18 Å². The first-order valence-corrected chi connectivity index (χ1v) is 6.39. The van der Waals surface area contributed by atoms with Crippen molar-refractivity contribution in [3.63, 3.8) is 0 Å². The number of carboxylic acid groups (broad SMARTS) is 1. The lowest BCUT2D eigenvalue weighted by molar-refractivity contribution is -0.0261. The van der Waals surface area contributed by atoms with Gasteiger partial charge in [0.05, 0.1) is 12.7 Å². The van der Waals surface area contributed by atoms with Crippen molar-refractivity contribution in [1.29, 1.82) is 0 Å². The average Bonchev–Trinajstić information content (AvgIpc) is 2.23. The summed E-state index contributed by atoms with van der Waals surface area (Å²) in [7, 11) is 0. The molecule has 0 unspecified atom stereocenters. The molecule has 4 nitrogen and oxygen atoms in total. The van der Waals surface area contributed by atoms with E-state index >= 15 is 0 Å². The Morgan fingerprint density at radius 3 is 2.89 bits per heavy atom. The lowest BCUT2D eigenvalue weighted by Crippen LogP contribution is -2.47. The fraction of sp³-hybridized carbons (Fsp3) is 0.417. The minimum Gasteiger partial charge on any atom is -0.465 e. The predicted molar refractivity (Wildman–Crippen MR) is 66.9 cm³/mol. The van der Waals surface area contributed by atoms with E-state index in [0.29, 0.717) is 22.9 Å². The summed E-state index contributed by atoms with van der Waals surface area (Å²) in [6, 6.07) is 4.79. The lowest BCUT2D eigenvalue weighted by atomic mass is 9.89. The van der Waals surface area contributed by atoms with Gasteiger partial charge < -0.3 is 15.2 Å². The Morgan fingerprint density at radius 2 is 2.28 bits per heavy atom. The molecule has 2 N–H and O–H groups in total. The fourth-order valence-electron chi connectivity index (χ4n) is 1.84. The van der Waals surface area contributed by atoms with Crippen LogP contribution in [0.15, 0.2) is 22.7 Å². The van der Waals surface area contributed by atoms with Crippen LogP contribution in [0.1, 0.15) is 18.4 Å². The van der Waals surface area contributed by atoms with Crippen LogP contribution in [0.25, 0.3) is 0 Å². The zero-order valence-electron chi connectivity index (χ0n) is 9.53. The van der Waals surface area contributed by atoms with Crippen LogP contribution in [-0.2, 0) is 11.3 Å². The standard InChI is InChI=1S/C12H13BrFNO3/c13-8-2-1-7(11(14)3-8)6-18-10-4-9(5-10)15-12(16)17/h1-3,9-10,15H,4-6H2,(H,16,17)/t9-,10-. The molecule has 0 radical (unpaired) electrons. The van der Waals surface area contributed by atoms with Crippen molar-refractivity contribution in [2.45, 2.75) is 31.6 Å². The second-order valence-corrected chi connectivity index (χ2v) is 5.20. The van der Waals surface area contributed by atoms with Crippen LogP contribution in [0.5, 0.6) is 0 Å². The zero-order chi connectivity index (χ0) is 13.1. The molecule has 0 heterocycles. The Hall–Kier alpha value is -1.14. The smallest absolute Gasteiger partial charge is 0.404 e. The Morgan fingerprint density at radius 1 is 1.56 bits per heavy atom. The topological polar surface area (TPSA) is 58.6 Å². The molecule has 98 valence electrons. The molecule has 0 bridgehead atoms. The quantitative estimate of drug-likeness (QED) is 0.897. The van der Waals surface area contributed by atoms with Crippen molar-refractivity contribution in [3.05, 3.63) is 34.1 Å². The molecule has 1 fully saturated rings. The van der Waals surface area contributed by atoms with Gasteiger partial charge in [-0.25, -0.2) is 9.18 Å². The number of nitrogens with one attached hydrogen (secondary N) is 1. The van der Waals surface area contributed by atoms with E-state index in [4.69, 9.17) is 9.84 Å². The van der Waals surface area contributed by atoms with Gasteiger partial charge in [0.25, 0.3) is 0 Å². The molecule has 0 atom stereocenters. The highest BCUT2D eigenvalue weighted by Gasteiger charge is 2.31. The van der Waals surface area contributed by atoms with Crippen molar-refractivity contribution in [1.82, 2.24) is 5.32 Å². The number of halogens is 2. The van der Waals surface area contributed by atoms with E-state index in [0.717, 1.165) is 0 Å². The molecule has 2 rings (SSSR count). The van der Waals surface area contributed by atoms with Crippen molar-refractivity contribution < 1.29 is 19.0 Å². The molecule has 1 aromatic carbocycles. The summed E-state index contributed by atoms with van der Waals surface area (Å²) < 4.78 is 19.7. The van der Waals surface area contributed by atoms with Crippen molar-refractivity contribution in [2.24, 2.45) is 0 Å². The van der Waals surface area contributed by atoms with E-state index in [2.05, 4.69) is 21.2 Å². The van der Waals surface area contributed by atoms with Crippen molar-refractivity contribution >= 4 is 22.0 Å². The summed E-state index contributed by atoms with van der Waals surface area (Å²) in [5, 5.41) is 10.9. The fourth-order valence-corrected chi connectivity index (χ4v) is 2.17. The molecule has 1 aromatic rings. The van der Waals surface area contributed by atoms with Gasteiger partial charge in [0.1, 0.15) is 5.82 Å². The average molecular weight is 318 g/mol. The Kier molecular flexibility index (Phi) is 4.19. The molecule has 1 saturated carbocycles. The summed E-state index contributed by atoms with van der Waals surface area (Å²) >= 11 is 3.19. The van der Waals surface area contributed by atoms with E-state index in [-0.39, 0.29) is 24.6 Å². The number of benzene rings is 1. The van der Waals surface area contributed by atoms with Gasteiger partial charge in [0.2, 0.25) is 0 Å². The molecule has 1 aliphatic rings.